The van der Waals surface area contributed by atoms with Crippen molar-refractivity contribution >= 4 is 22.6 Å². The molecule has 4 atom stereocenters. The van der Waals surface area contributed by atoms with Crippen LogP contribution in [0.3, 0.4) is 0 Å². The van der Waals surface area contributed by atoms with Gasteiger partial charge in [-0.15, -0.1) is 12.4 Å². The molecule has 0 spiro atoms. The van der Waals surface area contributed by atoms with Crippen LogP contribution in [-0.4, -0.2) is 55.3 Å². The van der Waals surface area contributed by atoms with Gasteiger partial charge in [-0.05, 0) is 37.5 Å². The molecular formula is C14H28ClN3O2S. The van der Waals surface area contributed by atoms with Gasteiger partial charge in [0.05, 0.1) is 0 Å². The second-order valence-electron chi connectivity index (χ2n) is 7.06. The van der Waals surface area contributed by atoms with Gasteiger partial charge in [0.1, 0.15) is 0 Å². The van der Waals surface area contributed by atoms with Crippen molar-refractivity contribution < 1.29 is 8.42 Å². The first kappa shape index (κ1) is 17.5. The number of hydrogen-bond acceptors (Lipinski definition) is 3. The normalized spacial score (nSPS) is 38.8. The van der Waals surface area contributed by atoms with Crippen LogP contribution in [0, 0.1) is 11.8 Å². The van der Waals surface area contributed by atoms with Crippen molar-refractivity contribution in [2.45, 2.75) is 51.6 Å². The van der Waals surface area contributed by atoms with E-state index < -0.39 is 10.2 Å². The minimum Gasteiger partial charge on any atom is -0.310 e. The molecule has 2 bridgehead atoms. The van der Waals surface area contributed by atoms with Crippen molar-refractivity contribution in [2.24, 2.45) is 11.8 Å². The van der Waals surface area contributed by atoms with Gasteiger partial charge in [0.2, 0.25) is 0 Å². The lowest BCUT2D eigenvalue weighted by Gasteiger charge is -2.37. The zero-order chi connectivity index (χ0) is 14.3. The smallest absolute Gasteiger partial charge is 0.282 e. The van der Waals surface area contributed by atoms with Crippen LogP contribution in [0.15, 0.2) is 0 Å². The van der Waals surface area contributed by atoms with Crippen LogP contribution < -0.4 is 5.32 Å². The summed E-state index contributed by atoms with van der Waals surface area (Å²) in [6, 6.07) is 0.885. The molecule has 0 aromatic heterocycles. The molecule has 3 aliphatic rings. The second kappa shape index (κ2) is 6.71. The van der Waals surface area contributed by atoms with Crippen LogP contribution in [0.4, 0.5) is 0 Å². The molecule has 7 heteroatoms. The summed E-state index contributed by atoms with van der Waals surface area (Å²) in [6.07, 6.45) is 4.41. The van der Waals surface area contributed by atoms with Crippen LogP contribution in [0.1, 0.15) is 39.5 Å². The van der Waals surface area contributed by atoms with Gasteiger partial charge in [-0.1, -0.05) is 13.8 Å². The standard InChI is InChI=1S/C14H27N3O2S.ClH/c1-11-7-12(2)9-17(8-11)20(18,19)16-6-5-13-3-4-14(10-16)15-13;/h11-15H,3-10H2,1-2H3;1H. The van der Waals surface area contributed by atoms with E-state index in [9.17, 15) is 8.42 Å². The Morgan fingerprint density at radius 1 is 0.905 bits per heavy atom. The first-order chi connectivity index (χ1) is 9.45. The van der Waals surface area contributed by atoms with Crippen molar-refractivity contribution in [3.05, 3.63) is 0 Å². The predicted octanol–water partition coefficient (Wildman–Crippen LogP) is 1.46. The predicted molar refractivity (Wildman–Crippen MR) is 86.8 cm³/mol. The number of nitrogens with zero attached hydrogens (tertiary/aromatic N) is 2. The van der Waals surface area contributed by atoms with Crippen molar-refractivity contribution in [1.82, 2.24) is 13.9 Å². The Labute approximate surface area is 135 Å². The highest BCUT2D eigenvalue weighted by Gasteiger charge is 2.39. The molecule has 3 fully saturated rings. The van der Waals surface area contributed by atoms with Crippen LogP contribution in [0.5, 0.6) is 0 Å². The van der Waals surface area contributed by atoms with E-state index in [1.54, 1.807) is 8.61 Å². The molecule has 21 heavy (non-hydrogen) atoms. The minimum atomic E-state index is -3.27. The molecule has 124 valence electrons. The molecule has 0 aromatic carbocycles. The molecule has 1 N–H and O–H groups in total. The van der Waals surface area contributed by atoms with Crippen LogP contribution >= 0.6 is 12.4 Å². The van der Waals surface area contributed by atoms with Crippen LogP contribution in [0.25, 0.3) is 0 Å². The number of nitrogens with one attached hydrogen (secondary N) is 1. The van der Waals surface area contributed by atoms with Gasteiger partial charge in [0, 0.05) is 38.3 Å². The van der Waals surface area contributed by atoms with E-state index in [1.807, 2.05) is 0 Å². The van der Waals surface area contributed by atoms with E-state index in [0.717, 1.165) is 19.3 Å². The topological polar surface area (TPSA) is 52.7 Å². The lowest BCUT2D eigenvalue weighted by atomic mass is 9.94. The van der Waals surface area contributed by atoms with Crippen LogP contribution in [-0.2, 0) is 10.2 Å². The first-order valence-electron chi connectivity index (χ1n) is 7.96. The zero-order valence-electron chi connectivity index (χ0n) is 13.0. The van der Waals surface area contributed by atoms with Gasteiger partial charge >= 0.3 is 0 Å². The number of hydrogen-bond donors (Lipinski definition) is 1. The van der Waals surface area contributed by atoms with E-state index in [4.69, 9.17) is 0 Å². The quantitative estimate of drug-likeness (QED) is 0.830. The highest BCUT2D eigenvalue weighted by Crippen LogP contribution is 2.27. The molecule has 3 aliphatic heterocycles. The fraction of sp³-hybridized carbons (Fsp3) is 1.00. The third-order valence-corrected chi connectivity index (χ3v) is 6.91. The fourth-order valence-corrected chi connectivity index (χ4v) is 5.99. The molecule has 5 nitrogen and oxygen atoms in total. The summed E-state index contributed by atoms with van der Waals surface area (Å²) in [5.74, 6) is 0.935. The fourth-order valence-electron chi connectivity index (χ4n) is 4.08. The molecule has 3 heterocycles. The Morgan fingerprint density at radius 2 is 1.52 bits per heavy atom. The Bertz CT molecular complexity index is 449. The van der Waals surface area contributed by atoms with Gasteiger partial charge < -0.3 is 5.32 Å². The average molecular weight is 338 g/mol. The molecular weight excluding hydrogens is 310 g/mol. The van der Waals surface area contributed by atoms with E-state index in [1.165, 1.54) is 6.42 Å². The summed E-state index contributed by atoms with van der Waals surface area (Å²) in [6.45, 7) is 7.01. The molecule has 4 unspecified atom stereocenters. The maximum Gasteiger partial charge on any atom is 0.282 e. The maximum absolute atomic E-state index is 12.9. The molecule has 0 radical (unpaired) electrons. The summed E-state index contributed by atoms with van der Waals surface area (Å²) in [5, 5.41) is 3.55. The summed E-state index contributed by atoms with van der Waals surface area (Å²) in [5.41, 5.74) is 0. The van der Waals surface area contributed by atoms with Crippen molar-refractivity contribution in [1.29, 1.82) is 0 Å². The van der Waals surface area contributed by atoms with Crippen molar-refractivity contribution in [3.63, 3.8) is 0 Å². The van der Waals surface area contributed by atoms with Crippen molar-refractivity contribution in [3.8, 4) is 0 Å². The number of fused-ring (bicyclic) bond motifs is 2. The van der Waals surface area contributed by atoms with Crippen LogP contribution in [0.2, 0.25) is 0 Å². The zero-order valence-corrected chi connectivity index (χ0v) is 14.6. The SMILES string of the molecule is CC1CC(C)CN(S(=O)(=O)N2CCC3CCC(C2)N3)C1.Cl. The summed E-state index contributed by atoms with van der Waals surface area (Å²) >= 11 is 0. The molecule has 0 aromatic rings. The number of rotatable bonds is 2. The van der Waals surface area contributed by atoms with Gasteiger partial charge in [0.25, 0.3) is 10.2 Å². The largest absolute Gasteiger partial charge is 0.310 e. The monoisotopic (exact) mass is 337 g/mol. The lowest BCUT2D eigenvalue weighted by molar-refractivity contribution is 0.207. The molecule has 0 aliphatic carbocycles. The molecule has 3 saturated heterocycles. The van der Waals surface area contributed by atoms with Gasteiger partial charge in [-0.2, -0.15) is 17.0 Å². The van der Waals surface area contributed by atoms with E-state index in [0.29, 0.717) is 50.1 Å². The minimum absolute atomic E-state index is 0. The van der Waals surface area contributed by atoms with E-state index in [-0.39, 0.29) is 12.4 Å². The first-order valence-corrected chi connectivity index (χ1v) is 9.36. The molecule has 0 amide bonds. The number of halogens is 1. The summed E-state index contributed by atoms with van der Waals surface area (Å²) in [7, 11) is -3.27. The molecule has 0 saturated carbocycles. The van der Waals surface area contributed by atoms with Crippen molar-refractivity contribution in [2.75, 3.05) is 26.2 Å². The average Bonchev–Trinajstić information content (AvgIpc) is 2.67. The Kier molecular flexibility index (Phi) is 5.58. The highest BCUT2D eigenvalue weighted by atomic mass is 35.5. The summed E-state index contributed by atoms with van der Waals surface area (Å²) < 4.78 is 29.2. The van der Waals surface area contributed by atoms with Gasteiger partial charge in [0.15, 0.2) is 0 Å². The second-order valence-corrected chi connectivity index (χ2v) is 8.98. The van der Waals surface area contributed by atoms with E-state index >= 15 is 0 Å². The Hall–Kier alpha value is 0.120. The maximum atomic E-state index is 12.9. The molecule has 3 rings (SSSR count). The third-order valence-electron chi connectivity index (χ3n) is 4.97. The lowest BCUT2D eigenvalue weighted by Crippen LogP contribution is -2.51. The van der Waals surface area contributed by atoms with E-state index in [2.05, 4.69) is 19.2 Å². The van der Waals surface area contributed by atoms with Gasteiger partial charge in [-0.3, -0.25) is 0 Å². The highest BCUT2D eigenvalue weighted by molar-refractivity contribution is 7.86. The Morgan fingerprint density at radius 3 is 2.19 bits per heavy atom. The third kappa shape index (κ3) is 3.72. The number of piperidine rings is 1. The summed E-state index contributed by atoms with van der Waals surface area (Å²) in [4.78, 5) is 0. The Balaban J connectivity index is 0.00000161. The van der Waals surface area contributed by atoms with Gasteiger partial charge in [-0.25, -0.2) is 0 Å².